The lowest BCUT2D eigenvalue weighted by molar-refractivity contribution is -0.396. The van der Waals surface area contributed by atoms with Gasteiger partial charge in [-0.15, -0.1) is 0 Å². The van der Waals surface area contributed by atoms with Crippen LogP contribution < -0.4 is 10.3 Å². The topological polar surface area (TPSA) is 157 Å². The summed E-state index contributed by atoms with van der Waals surface area (Å²) >= 11 is 0. The number of aromatic nitrogens is 4. The maximum absolute atomic E-state index is 14.9. The van der Waals surface area contributed by atoms with Gasteiger partial charge < -0.3 is 24.7 Å². The van der Waals surface area contributed by atoms with Gasteiger partial charge in [-0.1, -0.05) is 17.1 Å². The zero-order valence-electron chi connectivity index (χ0n) is 23.3. The van der Waals surface area contributed by atoms with Gasteiger partial charge in [-0.2, -0.15) is 5.10 Å². The Kier molecular flexibility index (Phi) is 7.34. The molecule has 0 unspecified atom stereocenters. The summed E-state index contributed by atoms with van der Waals surface area (Å²) in [7, 11) is 1.51. The lowest BCUT2D eigenvalue weighted by Crippen LogP contribution is -2.51. The molecule has 2 amide bonds. The molecule has 0 bridgehead atoms. The second-order valence-corrected chi connectivity index (χ2v) is 10.7. The lowest BCUT2D eigenvalue weighted by Gasteiger charge is -2.35. The molecule has 0 atom stereocenters. The predicted octanol–water partition coefficient (Wildman–Crippen LogP) is 2.57. The minimum Gasteiger partial charge on any atom is -0.485 e. The van der Waals surface area contributed by atoms with Crippen molar-refractivity contribution in [3.8, 4) is 5.75 Å². The monoisotopic (exact) mass is 589 g/mol. The number of ether oxygens (including phenoxy) is 1. The second-order valence-electron chi connectivity index (χ2n) is 10.7. The summed E-state index contributed by atoms with van der Waals surface area (Å²) in [6, 6.07) is 9.19. The summed E-state index contributed by atoms with van der Waals surface area (Å²) in [5.74, 6) is -0.870. The Balaban J connectivity index is 1.24. The number of carbonyl (C=O) groups excluding carboxylic acids is 2. The number of rotatable bonds is 8. The van der Waals surface area contributed by atoms with Crippen molar-refractivity contribution in [2.24, 2.45) is 13.0 Å². The third-order valence-corrected chi connectivity index (χ3v) is 7.89. The quantitative estimate of drug-likeness (QED) is 0.243. The van der Waals surface area contributed by atoms with Crippen molar-refractivity contribution in [1.29, 1.82) is 0 Å². The second kappa shape index (κ2) is 11.3. The molecule has 2 aromatic carbocycles. The molecule has 6 rings (SSSR count). The van der Waals surface area contributed by atoms with Crippen LogP contribution in [0.5, 0.6) is 5.75 Å². The van der Waals surface area contributed by atoms with Gasteiger partial charge in [0.25, 0.3) is 11.5 Å². The van der Waals surface area contributed by atoms with E-state index in [1.807, 2.05) is 0 Å². The van der Waals surface area contributed by atoms with Crippen LogP contribution in [0.1, 0.15) is 40.2 Å². The van der Waals surface area contributed by atoms with E-state index in [1.54, 1.807) is 34.1 Å². The van der Waals surface area contributed by atoms with E-state index >= 15 is 0 Å². The van der Waals surface area contributed by atoms with E-state index in [-0.39, 0.29) is 36.4 Å². The molecule has 1 N–H and O–H groups in total. The van der Waals surface area contributed by atoms with Gasteiger partial charge in [0.15, 0.2) is 5.69 Å². The number of fused-ring (bicyclic) bond motifs is 1. The van der Waals surface area contributed by atoms with E-state index in [2.05, 4.69) is 15.2 Å². The number of imidazole rings is 1. The summed E-state index contributed by atoms with van der Waals surface area (Å²) in [5.41, 5.74) is 0.947. The fourth-order valence-electron chi connectivity index (χ4n) is 5.32. The number of H-pyrrole nitrogens is 1. The minimum atomic E-state index is -0.654. The molecule has 3 heterocycles. The number of nitrogens with zero attached hydrogens (tertiary/aromatic N) is 6. The predicted molar refractivity (Wildman–Crippen MR) is 151 cm³/mol. The van der Waals surface area contributed by atoms with Gasteiger partial charge in [0, 0.05) is 38.5 Å². The number of nitro groups is 1. The number of aromatic amines is 1. The first kappa shape index (κ1) is 28.0. The highest BCUT2D eigenvalue weighted by Gasteiger charge is 2.35. The van der Waals surface area contributed by atoms with Gasteiger partial charge in [-0.3, -0.25) is 14.4 Å². The Labute approximate surface area is 244 Å². The van der Waals surface area contributed by atoms with Crippen LogP contribution in [0.4, 0.5) is 10.3 Å². The van der Waals surface area contributed by atoms with Gasteiger partial charge >= 0.3 is 5.95 Å². The molecule has 222 valence electrons. The summed E-state index contributed by atoms with van der Waals surface area (Å²) in [6.45, 7) is 1.44. The summed E-state index contributed by atoms with van der Waals surface area (Å²) in [4.78, 5) is 56.0. The summed E-state index contributed by atoms with van der Waals surface area (Å²) in [6.07, 6.45) is 3.32. The van der Waals surface area contributed by atoms with Crippen LogP contribution in [-0.4, -0.2) is 72.5 Å². The molecule has 1 saturated carbocycles. The molecule has 43 heavy (non-hydrogen) atoms. The Morgan fingerprint density at radius 2 is 1.88 bits per heavy atom. The van der Waals surface area contributed by atoms with Crippen LogP contribution in [0.2, 0.25) is 0 Å². The van der Waals surface area contributed by atoms with Crippen LogP contribution in [-0.2, 0) is 24.9 Å². The first-order chi connectivity index (χ1) is 20.7. The molecule has 4 aromatic rings. The number of hydrogen-bond donors (Lipinski definition) is 1. The average Bonchev–Trinajstić information content (AvgIpc) is 3.79. The van der Waals surface area contributed by atoms with Crippen LogP contribution in [0.15, 0.2) is 47.4 Å². The van der Waals surface area contributed by atoms with Gasteiger partial charge in [-0.25, -0.2) is 14.1 Å². The van der Waals surface area contributed by atoms with E-state index in [4.69, 9.17) is 4.74 Å². The molecule has 2 aliphatic rings. The lowest BCUT2D eigenvalue weighted by atomic mass is 10.0. The number of hydrogen-bond acceptors (Lipinski definition) is 8. The van der Waals surface area contributed by atoms with Crippen molar-refractivity contribution < 1.29 is 23.6 Å². The SMILES string of the molecule is Cn1c(COc2cccc3c(=O)[nH]nc(Cc4ccc(F)c(C(=O)N5CCN(C(=O)C6CC6)CC5)c4)c23)cnc1[N+](=O)[O-]. The number of halogens is 1. The Bertz CT molecular complexity index is 1810. The van der Waals surface area contributed by atoms with Crippen molar-refractivity contribution in [2.75, 3.05) is 26.2 Å². The fourth-order valence-corrected chi connectivity index (χ4v) is 5.32. The number of benzene rings is 2. The van der Waals surface area contributed by atoms with E-state index in [9.17, 15) is 28.9 Å². The van der Waals surface area contributed by atoms with E-state index < -0.39 is 22.2 Å². The molecule has 2 fully saturated rings. The third kappa shape index (κ3) is 5.55. The summed E-state index contributed by atoms with van der Waals surface area (Å²) < 4.78 is 22.2. The van der Waals surface area contributed by atoms with E-state index in [1.165, 1.54) is 29.9 Å². The standard InChI is InChI=1S/C29H28FN7O6/c1-34-19(15-31-29(34)37(41)42)16-43-24-4-2-3-20-25(24)23(32-33-26(20)38)14-17-5-8-22(30)21(13-17)28(40)36-11-9-35(10-12-36)27(39)18-6-7-18/h2-5,8,13,15,18H,6-7,9-12,14,16H2,1H3,(H,33,38). The average molecular weight is 590 g/mol. The van der Waals surface area contributed by atoms with Crippen LogP contribution in [0.25, 0.3) is 10.8 Å². The van der Waals surface area contributed by atoms with Crippen LogP contribution >= 0.6 is 0 Å². The zero-order valence-corrected chi connectivity index (χ0v) is 23.3. The van der Waals surface area contributed by atoms with Crippen molar-refractivity contribution in [2.45, 2.75) is 25.9 Å². The fraction of sp³-hybridized carbons (Fsp3) is 0.345. The molecule has 14 heteroatoms. The Morgan fingerprint density at radius 1 is 1.14 bits per heavy atom. The molecular weight excluding hydrogens is 561 g/mol. The van der Waals surface area contributed by atoms with Gasteiger partial charge in [0.05, 0.1) is 29.1 Å². The molecule has 13 nitrogen and oxygen atoms in total. The first-order valence-electron chi connectivity index (χ1n) is 13.9. The number of nitrogens with one attached hydrogen (secondary N) is 1. The highest BCUT2D eigenvalue weighted by Crippen LogP contribution is 2.32. The summed E-state index contributed by atoms with van der Waals surface area (Å²) in [5, 5.41) is 18.6. The molecular formula is C29H28FN7O6. The number of amides is 2. The molecule has 2 aromatic heterocycles. The maximum Gasteiger partial charge on any atom is 0.434 e. The number of carbonyl (C=O) groups is 2. The molecule has 0 radical (unpaired) electrons. The molecule has 1 saturated heterocycles. The van der Waals surface area contributed by atoms with E-state index in [0.717, 1.165) is 12.8 Å². The third-order valence-electron chi connectivity index (χ3n) is 7.89. The highest BCUT2D eigenvalue weighted by molar-refractivity contribution is 5.95. The van der Waals surface area contributed by atoms with Crippen LogP contribution in [0.3, 0.4) is 0 Å². The Morgan fingerprint density at radius 3 is 2.58 bits per heavy atom. The highest BCUT2D eigenvalue weighted by atomic mass is 19.1. The normalized spacial score (nSPS) is 15.1. The van der Waals surface area contributed by atoms with E-state index in [0.29, 0.717) is 59.7 Å². The minimum absolute atomic E-state index is 0.0581. The maximum atomic E-state index is 14.9. The Hall–Kier alpha value is -5.14. The largest absolute Gasteiger partial charge is 0.485 e. The van der Waals surface area contributed by atoms with Gasteiger partial charge in [0.2, 0.25) is 5.91 Å². The zero-order chi connectivity index (χ0) is 30.2. The first-order valence-corrected chi connectivity index (χ1v) is 13.9. The van der Waals surface area contributed by atoms with Gasteiger partial charge in [-0.05, 0) is 47.6 Å². The van der Waals surface area contributed by atoms with Crippen molar-refractivity contribution in [3.63, 3.8) is 0 Å². The van der Waals surface area contributed by atoms with Crippen molar-refractivity contribution >= 4 is 28.5 Å². The molecule has 1 aliphatic carbocycles. The molecule has 1 aliphatic heterocycles. The number of piperazine rings is 1. The van der Waals surface area contributed by atoms with Crippen molar-refractivity contribution in [3.05, 3.63) is 91.4 Å². The van der Waals surface area contributed by atoms with Gasteiger partial charge in [0.1, 0.15) is 24.4 Å². The van der Waals surface area contributed by atoms with Crippen LogP contribution in [0, 0.1) is 21.8 Å². The molecule has 0 spiro atoms. The van der Waals surface area contributed by atoms with Crippen molar-refractivity contribution in [1.82, 2.24) is 29.5 Å². The smallest absolute Gasteiger partial charge is 0.434 e.